The van der Waals surface area contributed by atoms with Crippen molar-refractivity contribution in [3.63, 3.8) is 0 Å². The van der Waals surface area contributed by atoms with E-state index in [0.29, 0.717) is 10.9 Å². The van der Waals surface area contributed by atoms with Crippen LogP contribution in [0.4, 0.5) is 0 Å². The number of unbranched alkanes of at least 4 members (excludes halogenated alkanes) is 1. The van der Waals surface area contributed by atoms with Gasteiger partial charge in [-0.15, -0.1) is 10.2 Å². The first-order valence-electron chi connectivity index (χ1n) is 11.2. The maximum atomic E-state index is 6.61. The van der Waals surface area contributed by atoms with Crippen molar-refractivity contribution >= 4 is 17.2 Å². The third kappa shape index (κ3) is 4.49. The first kappa shape index (κ1) is 21.5. The second kappa shape index (κ2) is 9.61. The van der Waals surface area contributed by atoms with Gasteiger partial charge in [-0.1, -0.05) is 92.7 Å². The zero-order chi connectivity index (χ0) is 21.8. The second-order valence-electron chi connectivity index (χ2n) is 8.21. The van der Waals surface area contributed by atoms with Gasteiger partial charge in [0.2, 0.25) is 0 Å². The topological polar surface area (TPSA) is 43.1 Å². The van der Waals surface area contributed by atoms with Crippen LogP contribution in [0.15, 0.2) is 54.6 Å². The van der Waals surface area contributed by atoms with E-state index >= 15 is 0 Å². The Hall–Kier alpha value is -2.72. The molecule has 0 aliphatic heterocycles. The first-order valence-corrected chi connectivity index (χ1v) is 11.6. The van der Waals surface area contributed by atoms with E-state index in [4.69, 9.17) is 16.7 Å². The van der Waals surface area contributed by atoms with E-state index in [0.717, 1.165) is 53.1 Å². The molecule has 1 unspecified atom stereocenters. The maximum Gasteiger partial charge on any atom is 0.178 e. The molecular formula is C26H29ClN4. The summed E-state index contributed by atoms with van der Waals surface area (Å²) in [5.74, 6) is 1.31. The summed E-state index contributed by atoms with van der Waals surface area (Å²) in [6, 6.07) is 18.5. The molecule has 0 aliphatic carbocycles. The third-order valence-corrected chi connectivity index (χ3v) is 6.15. The molecule has 0 aliphatic rings. The molecule has 0 N–H and O–H groups in total. The number of aromatic nitrogens is 4. The molecule has 0 bridgehead atoms. The van der Waals surface area contributed by atoms with Gasteiger partial charge in [0.05, 0.1) is 5.02 Å². The summed E-state index contributed by atoms with van der Waals surface area (Å²) < 4.78 is 1.94. The fourth-order valence-electron chi connectivity index (χ4n) is 4.11. The molecule has 1 atom stereocenters. The Kier molecular flexibility index (Phi) is 6.67. The van der Waals surface area contributed by atoms with Crippen LogP contribution in [0.3, 0.4) is 0 Å². The Morgan fingerprint density at radius 1 is 0.903 bits per heavy atom. The van der Waals surface area contributed by atoms with Crippen molar-refractivity contribution in [2.24, 2.45) is 0 Å². The molecule has 0 amide bonds. The number of halogens is 1. The largest absolute Gasteiger partial charge is 0.196 e. The minimum atomic E-state index is 0.358. The molecule has 31 heavy (non-hydrogen) atoms. The molecule has 0 radical (unpaired) electrons. The molecule has 2 heterocycles. The van der Waals surface area contributed by atoms with Gasteiger partial charge in [-0.3, -0.25) is 0 Å². The molecule has 4 nitrogen and oxygen atoms in total. The lowest BCUT2D eigenvalue weighted by Crippen LogP contribution is -2.08. The van der Waals surface area contributed by atoms with Gasteiger partial charge in [0.25, 0.3) is 0 Å². The lowest BCUT2D eigenvalue weighted by Gasteiger charge is -2.15. The molecule has 2 aromatic carbocycles. The van der Waals surface area contributed by atoms with E-state index in [1.165, 1.54) is 18.4 Å². The highest BCUT2D eigenvalue weighted by Crippen LogP contribution is 2.36. The van der Waals surface area contributed by atoms with E-state index in [9.17, 15) is 0 Å². The average molecular weight is 433 g/mol. The fourth-order valence-corrected chi connectivity index (χ4v) is 4.34. The van der Waals surface area contributed by atoms with Crippen LogP contribution in [0, 0.1) is 6.92 Å². The molecule has 4 rings (SSSR count). The summed E-state index contributed by atoms with van der Waals surface area (Å²) in [6.07, 6.45) is 5.66. The van der Waals surface area contributed by atoms with Crippen LogP contribution < -0.4 is 0 Å². The smallest absolute Gasteiger partial charge is 0.178 e. The molecular weight excluding hydrogens is 404 g/mol. The van der Waals surface area contributed by atoms with Crippen LogP contribution in [0.1, 0.15) is 63.3 Å². The molecule has 0 fully saturated rings. The highest BCUT2D eigenvalue weighted by Gasteiger charge is 2.21. The summed E-state index contributed by atoms with van der Waals surface area (Å²) in [4.78, 5) is 0. The predicted octanol–water partition coefficient (Wildman–Crippen LogP) is 7.49. The minimum absolute atomic E-state index is 0.358. The monoisotopic (exact) mass is 432 g/mol. The lowest BCUT2D eigenvalue weighted by atomic mass is 9.96. The maximum absolute atomic E-state index is 6.61. The highest BCUT2D eigenvalue weighted by atomic mass is 35.5. The van der Waals surface area contributed by atoms with Gasteiger partial charge in [0, 0.05) is 17.0 Å². The Bertz CT molecular complexity index is 1160. The number of nitrogens with zero attached hydrogens (tertiary/aromatic N) is 4. The summed E-state index contributed by atoms with van der Waals surface area (Å²) in [5.41, 5.74) is 5.88. The van der Waals surface area contributed by atoms with Crippen molar-refractivity contribution in [1.29, 1.82) is 0 Å². The molecule has 0 spiro atoms. The Morgan fingerprint density at radius 2 is 1.68 bits per heavy atom. The molecule has 0 saturated carbocycles. The number of aryl methyl sites for hydroxylation is 1. The quantitative estimate of drug-likeness (QED) is 0.289. The average Bonchev–Trinajstić information content (AvgIpc) is 3.19. The van der Waals surface area contributed by atoms with E-state index in [-0.39, 0.29) is 0 Å². The third-order valence-electron chi connectivity index (χ3n) is 5.82. The zero-order valence-corrected chi connectivity index (χ0v) is 19.2. The normalized spacial score (nSPS) is 12.4. The van der Waals surface area contributed by atoms with E-state index < -0.39 is 0 Å². The van der Waals surface area contributed by atoms with Gasteiger partial charge in [-0.2, -0.15) is 9.61 Å². The van der Waals surface area contributed by atoms with Crippen molar-refractivity contribution in [2.45, 2.75) is 58.8 Å². The van der Waals surface area contributed by atoms with Crippen molar-refractivity contribution in [1.82, 2.24) is 19.8 Å². The van der Waals surface area contributed by atoms with Crippen LogP contribution in [0.5, 0.6) is 0 Å². The number of benzene rings is 2. The SMILES string of the molecule is CCCCC(CCC)c1nnc2cc(-c3ccc(C)cc3)c(-c3ccccc3Cl)nn12. The van der Waals surface area contributed by atoms with Crippen molar-refractivity contribution in [3.05, 3.63) is 71.0 Å². The van der Waals surface area contributed by atoms with Crippen LogP contribution in [0.2, 0.25) is 5.02 Å². The van der Waals surface area contributed by atoms with Gasteiger partial charge in [-0.05, 0) is 37.5 Å². The molecule has 5 heteroatoms. The summed E-state index contributed by atoms with van der Waals surface area (Å²) >= 11 is 6.61. The van der Waals surface area contributed by atoms with E-state index in [1.54, 1.807) is 0 Å². The number of hydrogen-bond donors (Lipinski definition) is 0. The fraction of sp³-hybridized carbons (Fsp3) is 0.346. The standard InChI is InChI=1S/C26H29ClN4/c1-4-6-10-20(9-5-2)26-29-28-24-17-22(19-15-13-18(3)14-16-19)25(30-31(24)26)21-11-7-8-12-23(21)27/h7-8,11-17,20H,4-6,9-10H2,1-3H3. The van der Waals surface area contributed by atoms with Crippen LogP contribution >= 0.6 is 11.6 Å². The minimum Gasteiger partial charge on any atom is -0.196 e. The highest BCUT2D eigenvalue weighted by molar-refractivity contribution is 6.33. The Labute approximate surface area is 189 Å². The van der Waals surface area contributed by atoms with Gasteiger partial charge >= 0.3 is 0 Å². The Morgan fingerprint density at radius 3 is 2.39 bits per heavy atom. The first-order chi connectivity index (χ1) is 15.1. The molecule has 4 aromatic rings. The summed E-state index contributed by atoms with van der Waals surface area (Å²) in [7, 11) is 0. The van der Waals surface area contributed by atoms with Gasteiger partial charge in [0.1, 0.15) is 5.69 Å². The summed E-state index contributed by atoms with van der Waals surface area (Å²) in [5, 5.41) is 14.9. The summed E-state index contributed by atoms with van der Waals surface area (Å²) in [6.45, 7) is 6.54. The van der Waals surface area contributed by atoms with Gasteiger partial charge in [-0.25, -0.2) is 0 Å². The Balaban J connectivity index is 1.93. The number of fused-ring (bicyclic) bond motifs is 1. The number of hydrogen-bond acceptors (Lipinski definition) is 3. The zero-order valence-electron chi connectivity index (χ0n) is 18.5. The van der Waals surface area contributed by atoms with Crippen LogP contribution in [0.25, 0.3) is 28.0 Å². The van der Waals surface area contributed by atoms with Crippen molar-refractivity contribution in [2.75, 3.05) is 0 Å². The second-order valence-corrected chi connectivity index (χ2v) is 8.62. The van der Waals surface area contributed by atoms with Crippen LogP contribution in [-0.2, 0) is 0 Å². The van der Waals surface area contributed by atoms with Gasteiger partial charge in [0.15, 0.2) is 11.5 Å². The predicted molar refractivity (Wildman–Crippen MR) is 129 cm³/mol. The molecule has 0 saturated heterocycles. The van der Waals surface area contributed by atoms with E-state index in [2.05, 4.69) is 61.3 Å². The van der Waals surface area contributed by atoms with Crippen molar-refractivity contribution in [3.8, 4) is 22.4 Å². The molecule has 2 aromatic heterocycles. The van der Waals surface area contributed by atoms with Crippen molar-refractivity contribution < 1.29 is 0 Å². The van der Waals surface area contributed by atoms with Gasteiger partial charge < -0.3 is 0 Å². The van der Waals surface area contributed by atoms with E-state index in [1.807, 2.05) is 28.8 Å². The number of rotatable bonds is 8. The van der Waals surface area contributed by atoms with Crippen LogP contribution in [-0.4, -0.2) is 19.8 Å². The molecule has 160 valence electrons. The lowest BCUT2D eigenvalue weighted by molar-refractivity contribution is 0.507.